The third kappa shape index (κ3) is 5.29. The number of amides is 2. The second kappa shape index (κ2) is 9.30. The molecule has 31 heavy (non-hydrogen) atoms. The molecule has 2 amide bonds. The molecule has 3 rings (SSSR count). The zero-order valence-corrected chi connectivity index (χ0v) is 18.6. The first kappa shape index (κ1) is 22.5. The highest BCUT2D eigenvalue weighted by Crippen LogP contribution is 2.26. The van der Waals surface area contributed by atoms with Gasteiger partial charge >= 0.3 is 0 Å². The molecule has 1 atom stereocenters. The van der Waals surface area contributed by atoms with Gasteiger partial charge in [0.25, 0.3) is 10.0 Å². The monoisotopic (exact) mass is 442 g/mol. The molecule has 0 saturated heterocycles. The van der Waals surface area contributed by atoms with Crippen molar-refractivity contribution < 1.29 is 18.0 Å². The van der Waals surface area contributed by atoms with E-state index < -0.39 is 10.0 Å². The van der Waals surface area contributed by atoms with E-state index in [4.69, 9.17) is 0 Å². The topological polar surface area (TPSA) is 108 Å². The van der Waals surface area contributed by atoms with Gasteiger partial charge in [0.15, 0.2) is 5.84 Å². The van der Waals surface area contributed by atoms with Crippen molar-refractivity contribution in [2.45, 2.75) is 31.7 Å². The van der Waals surface area contributed by atoms with Gasteiger partial charge in [0.1, 0.15) is 4.90 Å². The summed E-state index contributed by atoms with van der Waals surface area (Å²) in [7, 11) is -2.11. The number of benzene rings is 2. The van der Waals surface area contributed by atoms with E-state index in [1.807, 2.05) is 32.0 Å². The first-order valence-corrected chi connectivity index (χ1v) is 11.5. The van der Waals surface area contributed by atoms with Gasteiger partial charge in [-0.1, -0.05) is 38.1 Å². The number of amidine groups is 1. The van der Waals surface area contributed by atoms with Crippen LogP contribution in [0, 0.1) is 5.92 Å². The molecule has 1 aliphatic rings. The van der Waals surface area contributed by atoms with E-state index in [9.17, 15) is 18.0 Å². The van der Waals surface area contributed by atoms with Crippen LogP contribution in [0.4, 0.5) is 5.69 Å². The summed E-state index contributed by atoms with van der Waals surface area (Å²) in [6.45, 7) is 4.06. The van der Waals surface area contributed by atoms with E-state index in [2.05, 4.69) is 15.0 Å². The molecule has 1 aliphatic heterocycles. The molecule has 0 fully saturated rings. The maximum Gasteiger partial charge on any atom is 0.285 e. The fourth-order valence-corrected chi connectivity index (χ4v) is 4.37. The van der Waals surface area contributed by atoms with E-state index in [1.165, 1.54) is 11.0 Å². The molecule has 0 bridgehead atoms. The highest BCUT2D eigenvalue weighted by atomic mass is 32.2. The fraction of sp³-hybridized carbons (Fsp3) is 0.318. The van der Waals surface area contributed by atoms with Crippen molar-refractivity contribution in [3.8, 4) is 0 Å². The van der Waals surface area contributed by atoms with Crippen LogP contribution in [-0.4, -0.2) is 44.6 Å². The molecule has 9 heteroatoms. The minimum atomic E-state index is -3.73. The number of hydrogen-bond acceptors (Lipinski definition) is 5. The lowest BCUT2D eigenvalue weighted by Gasteiger charge is -2.18. The summed E-state index contributed by atoms with van der Waals surface area (Å²) in [5.41, 5.74) is 2.00. The van der Waals surface area contributed by atoms with E-state index in [-0.39, 0.29) is 41.6 Å². The molecule has 164 valence electrons. The van der Waals surface area contributed by atoms with Gasteiger partial charge in [0.05, 0.1) is 6.54 Å². The zero-order valence-electron chi connectivity index (χ0n) is 17.8. The van der Waals surface area contributed by atoms with Gasteiger partial charge in [-0.25, -0.2) is 0 Å². The highest BCUT2D eigenvalue weighted by molar-refractivity contribution is 7.90. The molecule has 0 spiro atoms. The van der Waals surface area contributed by atoms with Crippen molar-refractivity contribution in [2.75, 3.05) is 18.9 Å². The Balaban J connectivity index is 1.59. The number of fused-ring (bicyclic) bond motifs is 1. The SMILES string of the molecule is CCC(C)C(=O)Nc1cccc(CNC(=O)CN(C)C2=NS(=O)(=O)c3ccccc32)c1. The second-order valence-electron chi connectivity index (χ2n) is 7.52. The summed E-state index contributed by atoms with van der Waals surface area (Å²) >= 11 is 0. The number of rotatable bonds is 7. The van der Waals surface area contributed by atoms with Crippen molar-refractivity contribution in [2.24, 2.45) is 10.3 Å². The average molecular weight is 443 g/mol. The van der Waals surface area contributed by atoms with Crippen molar-refractivity contribution in [1.29, 1.82) is 0 Å². The summed E-state index contributed by atoms with van der Waals surface area (Å²) < 4.78 is 28.2. The summed E-state index contributed by atoms with van der Waals surface area (Å²) in [5.74, 6) is -0.147. The number of carbonyl (C=O) groups is 2. The lowest BCUT2D eigenvalue weighted by atomic mass is 10.1. The molecule has 8 nitrogen and oxygen atoms in total. The average Bonchev–Trinajstić information content (AvgIpc) is 3.03. The molecular formula is C22H26N4O4S. The normalized spacial score (nSPS) is 14.9. The summed E-state index contributed by atoms with van der Waals surface area (Å²) in [4.78, 5) is 26.1. The quantitative estimate of drug-likeness (QED) is 0.684. The first-order valence-electron chi connectivity index (χ1n) is 10.0. The number of nitrogens with one attached hydrogen (secondary N) is 2. The van der Waals surface area contributed by atoms with Crippen molar-refractivity contribution in [3.05, 3.63) is 59.7 Å². The molecular weight excluding hydrogens is 416 g/mol. The predicted octanol–water partition coefficient (Wildman–Crippen LogP) is 2.37. The molecule has 0 saturated carbocycles. The minimum absolute atomic E-state index is 0.0436. The molecule has 0 aromatic heterocycles. The van der Waals surface area contributed by atoms with Crippen LogP contribution in [0.3, 0.4) is 0 Å². The summed E-state index contributed by atoms with van der Waals surface area (Å²) in [6.07, 6.45) is 0.756. The fourth-order valence-electron chi connectivity index (χ4n) is 3.12. The number of likely N-dealkylation sites (N-methyl/N-ethyl adjacent to an activating group) is 1. The van der Waals surface area contributed by atoms with Gasteiger partial charge in [0.2, 0.25) is 11.8 Å². The van der Waals surface area contributed by atoms with Gasteiger partial charge in [-0.15, -0.1) is 4.40 Å². The Morgan fingerprint density at radius 1 is 1.13 bits per heavy atom. The Morgan fingerprint density at radius 3 is 2.61 bits per heavy atom. The van der Waals surface area contributed by atoms with Gasteiger partial charge < -0.3 is 15.5 Å². The lowest BCUT2D eigenvalue weighted by molar-refractivity contribution is -0.121. The van der Waals surface area contributed by atoms with E-state index in [0.29, 0.717) is 11.3 Å². The van der Waals surface area contributed by atoms with Crippen LogP contribution in [0.1, 0.15) is 31.4 Å². The predicted molar refractivity (Wildman–Crippen MR) is 119 cm³/mol. The number of anilines is 1. The van der Waals surface area contributed by atoms with Crippen LogP contribution in [-0.2, 0) is 26.2 Å². The van der Waals surface area contributed by atoms with Crippen molar-refractivity contribution in [3.63, 3.8) is 0 Å². The van der Waals surface area contributed by atoms with Gasteiger partial charge in [0, 0.05) is 30.8 Å². The maximum atomic E-state index is 12.4. The zero-order chi connectivity index (χ0) is 22.6. The number of sulfonamides is 1. The summed E-state index contributed by atoms with van der Waals surface area (Å²) in [6, 6.07) is 13.8. The molecule has 0 radical (unpaired) electrons. The molecule has 2 aromatic rings. The Hall–Kier alpha value is -3.20. The third-order valence-electron chi connectivity index (χ3n) is 5.10. The molecule has 1 unspecified atom stereocenters. The van der Waals surface area contributed by atoms with Crippen LogP contribution < -0.4 is 10.6 Å². The van der Waals surface area contributed by atoms with E-state index in [0.717, 1.165) is 12.0 Å². The number of nitrogens with zero attached hydrogens (tertiary/aromatic N) is 2. The van der Waals surface area contributed by atoms with Gasteiger partial charge in [-0.05, 0) is 36.2 Å². The largest absolute Gasteiger partial charge is 0.350 e. The summed E-state index contributed by atoms with van der Waals surface area (Å²) in [5, 5.41) is 5.69. The molecule has 1 heterocycles. The Kier molecular flexibility index (Phi) is 6.74. The number of carbonyl (C=O) groups excluding carboxylic acids is 2. The smallest absolute Gasteiger partial charge is 0.285 e. The van der Waals surface area contributed by atoms with Crippen molar-refractivity contribution in [1.82, 2.24) is 10.2 Å². The maximum absolute atomic E-state index is 12.4. The van der Waals surface area contributed by atoms with Crippen LogP contribution in [0.25, 0.3) is 0 Å². The molecule has 2 N–H and O–H groups in total. The second-order valence-corrected chi connectivity index (χ2v) is 9.09. The Labute approximate surface area is 182 Å². The van der Waals surface area contributed by atoms with Crippen LogP contribution in [0.2, 0.25) is 0 Å². The van der Waals surface area contributed by atoms with Gasteiger partial charge in [-0.2, -0.15) is 8.42 Å². The van der Waals surface area contributed by atoms with Crippen molar-refractivity contribution >= 4 is 33.4 Å². The molecule has 0 aliphatic carbocycles. The Bertz CT molecular complexity index is 1130. The standard InChI is InChI=1S/C22H26N4O4S/c1-4-15(2)22(28)24-17-9-7-8-16(12-17)13-23-20(27)14-26(3)21-18-10-5-6-11-19(18)31(29,30)25-21/h5-12,15H,4,13-14H2,1-3H3,(H,23,27)(H,24,28). The van der Waals surface area contributed by atoms with Gasteiger partial charge in [-0.3, -0.25) is 9.59 Å². The Morgan fingerprint density at radius 2 is 1.87 bits per heavy atom. The number of hydrogen-bond donors (Lipinski definition) is 2. The van der Waals surface area contributed by atoms with Crippen LogP contribution >= 0.6 is 0 Å². The highest BCUT2D eigenvalue weighted by Gasteiger charge is 2.30. The minimum Gasteiger partial charge on any atom is -0.350 e. The lowest BCUT2D eigenvalue weighted by Crippen LogP contribution is -2.38. The van der Waals surface area contributed by atoms with E-state index in [1.54, 1.807) is 31.3 Å². The van der Waals surface area contributed by atoms with Crippen LogP contribution in [0.15, 0.2) is 57.8 Å². The van der Waals surface area contributed by atoms with E-state index >= 15 is 0 Å². The third-order valence-corrected chi connectivity index (χ3v) is 6.42. The van der Waals surface area contributed by atoms with Crippen LogP contribution in [0.5, 0.6) is 0 Å². The first-order chi connectivity index (χ1) is 14.7. The molecule has 2 aromatic carbocycles.